The van der Waals surface area contributed by atoms with E-state index in [0.29, 0.717) is 23.6 Å². The number of alkyl halides is 2. The highest BCUT2D eigenvalue weighted by molar-refractivity contribution is 6.04. The molecule has 4 rings (SSSR count). The topological polar surface area (TPSA) is 66.0 Å². The number of ether oxygens (including phenoxy) is 4. The molecule has 1 atom stereocenters. The van der Waals surface area contributed by atoms with E-state index in [1.807, 2.05) is 0 Å². The lowest BCUT2D eigenvalue weighted by molar-refractivity contribution is -0.286. The van der Waals surface area contributed by atoms with Gasteiger partial charge in [0.15, 0.2) is 11.5 Å². The Morgan fingerprint density at radius 3 is 2.67 bits per heavy atom. The van der Waals surface area contributed by atoms with Crippen molar-refractivity contribution in [2.45, 2.75) is 25.2 Å². The maximum Gasteiger partial charge on any atom is 0.586 e. The zero-order chi connectivity index (χ0) is 18.9. The van der Waals surface area contributed by atoms with Crippen molar-refractivity contribution in [1.29, 1.82) is 0 Å². The number of hydrogen-bond donors (Lipinski definition) is 1. The maximum absolute atomic E-state index is 13.0. The Morgan fingerprint density at radius 1 is 1.15 bits per heavy atom. The lowest BCUT2D eigenvalue weighted by atomic mass is 10.2. The fraction of sp³-hybridized carbons (Fsp3) is 0.316. The van der Waals surface area contributed by atoms with Crippen molar-refractivity contribution < 1.29 is 32.5 Å². The SMILES string of the molecule is O=C(Nc1ccc2c(c1)OC(F)(F)O2)c1ccc(OCC2CCCO2)cc1. The van der Waals surface area contributed by atoms with Gasteiger partial charge in [-0.25, -0.2) is 0 Å². The van der Waals surface area contributed by atoms with Crippen LogP contribution in [-0.2, 0) is 4.74 Å². The first-order chi connectivity index (χ1) is 13.0. The second-order valence-electron chi connectivity index (χ2n) is 6.25. The Balaban J connectivity index is 1.36. The summed E-state index contributed by atoms with van der Waals surface area (Å²) in [6.07, 6.45) is -1.54. The van der Waals surface area contributed by atoms with E-state index in [-0.39, 0.29) is 23.5 Å². The zero-order valence-electron chi connectivity index (χ0n) is 14.2. The number of carbonyl (C=O) groups excluding carboxylic acids is 1. The zero-order valence-corrected chi connectivity index (χ0v) is 14.2. The molecule has 2 aliphatic heterocycles. The number of carbonyl (C=O) groups is 1. The first kappa shape index (κ1) is 17.5. The highest BCUT2D eigenvalue weighted by Crippen LogP contribution is 2.42. The quantitative estimate of drug-likeness (QED) is 0.858. The maximum atomic E-state index is 13.0. The van der Waals surface area contributed by atoms with Crippen molar-refractivity contribution in [3.63, 3.8) is 0 Å². The molecule has 1 amide bonds. The van der Waals surface area contributed by atoms with Crippen molar-refractivity contribution >= 4 is 11.6 Å². The second-order valence-corrected chi connectivity index (χ2v) is 6.25. The Kier molecular flexibility index (Phi) is 4.57. The van der Waals surface area contributed by atoms with E-state index in [4.69, 9.17) is 9.47 Å². The number of halogens is 2. The van der Waals surface area contributed by atoms with Gasteiger partial charge in [0.25, 0.3) is 5.91 Å². The van der Waals surface area contributed by atoms with E-state index in [1.165, 1.54) is 18.2 Å². The Morgan fingerprint density at radius 2 is 1.93 bits per heavy atom. The summed E-state index contributed by atoms with van der Waals surface area (Å²) in [4.78, 5) is 12.3. The smallest absolute Gasteiger partial charge is 0.491 e. The molecule has 8 heteroatoms. The predicted octanol–water partition coefficient (Wildman–Crippen LogP) is 3.82. The number of anilines is 1. The van der Waals surface area contributed by atoms with Crippen LogP contribution in [0.5, 0.6) is 17.2 Å². The average molecular weight is 377 g/mol. The van der Waals surface area contributed by atoms with Gasteiger partial charge in [0.1, 0.15) is 12.4 Å². The van der Waals surface area contributed by atoms with Crippen LogP contribution in [0.4, 0.5) is 14.5 Å². The van der Waals surface area contributed by atoms with Crippen molar-refractivity contribution in [3.8, 4) is 17.2 Å². The Labute approximate surface area is 154 Å². The van der Waals surface area contributed by atoms with E-state index in [1.54, 1.807) is 24.3 Å². The Bertz CT molecular complexity index is 834. The van der Waals surface area contributed by atoms with Crippen LogP contribution in [0.2, 0.25) is 0 Å². The average Bonchev–Trinajstić information content (AvgIpc) is 3.26. The number of amides is 1. The largest absolute Gasteiger partial charge is 0.586 e. The fourth-order valence-electron chi connectivity index (χ4n) is 2.90. The normalized spacial score (nSPS) is 19.7. The number of rotatable bonds is 5. The lowest BCUT2D eigenvalue weighted by Crippen LogP contribution is -2.25. The molecule has 6 nitrogen and oxygen atoms in total. The van der Waals surface area contributed by atoms with E-state index in [0.717, 1.165) is 19.4 Å². The fourth-order valence-corrected chi connectivity index (χ4v) is 2.90. The molecular formula is C19H17F2NO5. The third-order valence-corrected chi connectivity index (χ3v) is 4.24. The van der Waals surface area contributed by atoms with Crippen molar-refractivity contribution in [3.05, 3.63) is 48.0 Å². The summed E-state index contributed by atoms with van der Waals surface area (Å²) in [5.74, 6) is 0.0556. The molecule has 2 aromatic carbocycles. The first-order valence-electron chi connectivity index (χ1n) is 8.54. The predicted molar refractivity (Wildman–Crippen MR) is 91.5 cm³/mol. The number of hydrogen-bond acceptors (Lipinski definition) is 5. The minimum absolute atomic E-state index is 0.0780. The Hall–Kier alpha value is -2.87. The summed E-state index contributed by atoms with van der Waals surface area (Å²) in [5.41, 5.74) is 0.723. The summed E-state index contributed by atoms with van der Waals surface area (Å²) in [5, 5.41) is 2.63. The third-order valence-electron chi connectivity index (χ3n) is 4.24. The van der Waals surface area contributed by atoms with Crippen LogP contribution in [0, 0.1) is 0 Å². The van der Waals surface area contributed by atoms with Crippen molar-refractivity contribution in [2.75, 3.05) is 18.5 Å². The first-order valence-corrected chi connectivity index (χ1v) is 8.54. The van der Waals surface area contributed by atoms with Crippen molar-refractivity contribution in [2.24, 2.45) is 0 Å². The summed E-state index contributed by atoms with van der Waals surface area (Å²) in [6, 6.07) is 10.7. The van der Waals surface area contributed by atoms with Crippen LogP contribution < -0.4 is 19.5 Å². The minimum atomic E-state index is -3.69. The molecule has 2 aromatic rings. The van der Waals surface area contributed by atoms with Gasteiger partial charge < -0.3 is 24.3 Å². The summed E-state index contributed by atoms with van der Waals surface area (Å²) >= 11 is 0. The van der Waals surface area contributed by atoms with Gasteiger partial charge in [-0.05, 0) is 49.2 Å². The van der Waals surface area contributed by atoms with Crippen LogP contribution in [0.25, 0.3) is 0 Å². The van der Waals surface area contributed by atoms with Gasteiger partial charge in [-0.2, -0.15) is 0 Å². The molecule has 2 heterocycles. The molecule has 1 fully saturated rings. The molecular weight excluding hydrogens is 360 g/mol. The third kappa shape index (κ3) is 4.11. The molecule has 2 aliphatic rings. The van der Waals surface area contributed by atoms with Gasteiger partial charge >= 0.3 is 6.29 Å². The molecule has 0 spiro atoms. The van der Waals surface area contributed by atoms with Gasteiger partial charge in [0, 0.05) is 23.9 Å². The number of nitrogens with one attached hydrogen (secondary N) is 1. The highest BCUT2D eigenvalue weighted by atomic mass is 19.3. The number of fused-ring (bicyclic) bond motifs is 1. The summed E-state index contributed by atoms with van der Waals surface area (Å²) < 4.78 is 45.9. The van der Waals surface area contributed by atoms with Crippen LogP contribution in [0.3, 0.4) is 0 Å². The van der Waals surface area contributed by atoms with Crippen molar-refractivity contribution in [1.82, 2.24) is 0 Å². The van der Waals surface area contributed by atoms with Gasteiger partial charge in [0.2, 0.25) is 0 Å². The van der Waals surface area contributed by atoms with Gasteiger partial charge in [-0.3, -0.25) is 4.79 Å². The summed E-state index contributed by atoms with van der Waals surface area (Å²) in [7, 11) is 0. The molecule has 1 unspecified atom stereocenters. The van der Waals surface area contributed by atoms with Crippen LogP contribution >= 0.6 is 0 Å². The highest BCUT2D eigenvalue weighted by Gasteiger charge is 2.43. The minimum Gasteiger partial charge on any atom is -0.491 e. The van der Waals surface area contributed by atoms with Crippen LogP contribution in [0.1, 0.15) is 23.2 Å². The molecule has 0 aliphatic carbocycles. The van der Waals surface area contributed by atoms with Crippen LogP contribution in [-0.4, -0.2) is 31.5 Å². The molecule has 1 saturated heterocycles. The van der Waals surface area contributed by atoms with Crippen LogP contribution in [0.15, 0.2) is 42.5 Å². The number of benzene rings is 2. The molecule has 0 saturated carbocycles. The molecule has 142 valence electrons. The van der Waals surface area contributed by atoms with E-state index >= 15 is 0 Å². The molecule has 1 N–H and O–H groups in total. The molecule has 27 heavy (non-hydrogen) atoms. The summed E-state index contributed by atoms with van der Waals surface area (Å²) in [6.45, 7) is 1.25. The second kappa shape index (κ2) is 7.03. The molecule has 0 radical (unpaired) electrons. The van der Waals surface area contributed by atoms with Gasteiger partial charge in [-0.15, -0.1) is 8.78 Å². The van der Waals surface area contributed by atoms with Gasteiger partial charge in [0.05, 0.1) is 6.10 Å². The van der Waals surface area contributed by atoms with E-state index in [9.17, 15) is 13.6 Å². The standard InChI is InChI=1S/C19H17F2NO5/c20-19(21)26-16-8-5-13(10-17(16)27-19)22-18(23)12-3-6-14(7-4-12)25-11-15-2-1-9-24-15/h3-8,10,15H,1-2,9,11H2,(H,22,23). The molecule has 0 aromatic heterocycles. The van der Waals surface area contributed by atoms with Gasteiger partial charge in [-0.1, -0.05) is 0 Å². The van der Waals surface area contributed by atoms with E-state index in [2.05, 4.69) is 14.8 Å². The monoisotopic (exact) mass is 377 g/mol. The lowest BCUT2D eigenvalue weighted by Gasteiger charge is -2.12. The van der Waals surface area contributed by atoms with E-state index < -0.39 is 6.29 Å². The molecule has 0 bridgehead atoms.